The van der Waals surface area contributed by atoms with Crippen molar-refractivity contribution in [3.8, 4) is 6.07 Å². The van der Waals surface area contributed by atoms with Gasteiger partial charge >= 0.3 is 0 Å². The van der Waals surface area contributed by atoms with Gasteiger partial charge in [0.1, 0.15) is 11.6 Å². The molecule has 6 heteroatoms. The van der Waals surface area contributed by atoms with E-state index >= 15 is 0 Å². The summed E-state index contributed by atoms with van der Waals surface area (Å²) in [5, 5.41) is 22.7. The summed E-state index contributed by atoms with van der Waals surface area (Å²) in [5.41, 5.74) is 1.12. The first-order valence-corrected chi connectivity index (χ1v) is 7.23. The lowest BCUT2D eigenvalue weighted by Gasteiger charge is -2.13. The second-order valence-electron chi connectivity index (χ2n) is 5.13. The molecule has 0 saturated carbocycles. The number of benzene rings is 2. The molecule has 1 N–H and O–H groups in total. The molecule has 0 aliphatic rings. The standard InChI is InChI=1S/C18H15N3O3/c1-13(15-7-3-2-4-8-15)20-18(22)16(12-19)10-14-6-5-9-17(11-14)21(23)24/h2-11,13H,1H3,(H,20,22)/b16-10+/t13-/m1/s1. The smallest absolute Gasteiger partial charge is 0.270 e. The normalized spacial score (nSPS) is 12.1. The van der Waals surface area contributed by atoms with Crippen molar-refractivity contribution in [3.05, 3.63) is 81.4 Å². The average molecular weight is 321 g/mol. The van der Waals surface area contributed by atoms with E-state index < -0.39 is 10.8 Å². The summed E-state index contributed by atoms with van der Waals surface area (Å²) in [7, 11) is 0. The zero-order valence-corrected chi connectivity index (χ0v) is 13.0. The maximum absolute atomic E-state index is 12.2. The van der Waals surface area contributed by atoms with Crippen molar-refractivity contribution in [1.82, 2.24) is 5.32 Å². The van der Waals surface area contributed by atoms with Crippen LogP contribution in [0.1, 0.15) is 24.1 Å². The number of hydrogen-bond acceptors (Lipinski definition) is 4. The van der Waals surface area contributed by atoms with Crippen molar-refractivity contribution in [3.63, 3.8) is 0 Å². The highest BCUT2D eigenvalue weighted by atomic mass is 16.6. The Morgan fingerprint density at radius 3 is 2.58 bits per heavy atom. The van der Waals surface area contributed by atoms with E-state index in [1.807, 2.05) is 43.3 Å². The highest BCUT2D eigenvalue weighted by molar-refractivity contribution is 6.01. The fourth-order valence-electron chi connectivity index (χ4n) is 2.14. The van der Waals surface area contributed by atoms with E-state index in [9.17, 15) is 20.2 Å². The molecule has 0 radical (unpaired) electrons. The predicted molar refractivity (Wildman–Crippen MR) is 89.7 cm³/mol. The van der Waals surface area contributed by atoms with Gasteiger partial charge in [-0.15, -0.1) is 0 Å². The topological polar surface area (TPSA) is 96.0 Å². The number of non-ortho nitro benzene ring substituents is 1. The van der Waals surface area contributed by atoms with Gasteiger partial charge in [0.25, 0.3) is 11.6 Å². The van der Waals surface area contributed by atoms with Crippen LogP contribution in [0.25, 0.3) is 6.08 Å². The Morgan fingerprint density at radius 1 is 1.25 bits per heavy atom. The monoisotopic (exact) mass is 321 g/mol. The maximum Gasteiger partial charge on any atom is 0.270 e. The molecule has 2 rings (SSSR count). The van der Waals surface area contributed by atoms with Crippen LogP contribution in [0.5, 0.6) is 0 Å². The minimum atomic E-state index is -0.527. The first-order valence-electron chi connectivity index (χ1n) is 7.23. The van der Waals surface area contributed by atoms with Crippen LogP contribution in [-0.4, -0.2) is 10.8 Å². The van der Waals surface area contributed by atoms with Crippen LogP contribution in [0, 0.1) is 21.4 Å². The van der Waals surface area contributed by atoms with E-state index in [1.54, 1.807) is 6.07 Å². The van der Waals surface area contributed by atoms with E-state index in [0.29, 0.717) is 5.56 Å². The number of amides is 1. The summed E-state index contributed by atoms with van der Waals surface area (Å²) in [6.45, 7) is 1.82. The molecule has 120 valence electrons. The molecule has 2 aromatic rings. The van der Waals surface area contributed by atoms with Gasteiger partial charge in [-0.2, -0.15) is 5.26 Å². The molecule has 0 unspecified atom stereocenters. The van der Waals surface area contributed by atoms with Gasteiger partial charge in [0, 0.05) is 12.1 Å². The molecule has 0 aliphatic carbocycles. The molecule has 0 spiro atoms. The van der Waals surface area contributed by atoms with Crippen molar-refractivity contribution >= 4 is 17.7 Å². The molecule has 0 aromatic heterocycles. The lowest BCUT2D eigenvalue weighted by Crippen LogP contribution is -2.27. The summed E-state index contributed by atoms with van der Waals surface area (Å²) in [4.78, 5) is 22.5. The Labute approximate surface area is 139 Å². The molecule has 0 saturated heterocycles. The maximum atomic E-state index is 12.2. The van der Waals surface area contributed by atoms with Crippen LogP contribution in [-0.2, 0) is 4.79 Å². The van der Waals surface area contributed by atoms with Gasteiger partial charge in [-0.1, -0.05) is 42.5 Å². The highest BCUT2D eigenvalue weighted by Gasteiger charge is 2.14. The third kappa shape index (κ3) is 4.27. The van der Waals surface area contributed by atoms with Gasteiger partial charge in [0.05, 0.1) is 11.0 Å². The average Bonchev–Trinajstić information content (AvgIpc) is 2.60. The predicted octanol–water partition coefficient (Wildman–Crippen LogP) is 3.38. The second-order valence-corrected chi connectivity index (χ2v) is 5.13. The second kappa shape index (κ2) is 7.70. The molecular formula is C18H15N3O3. The van der Waals surface area contributed by atoms with Crippen LogP contribution < -0.4 is 5.32 Å². The van der Waals surface area contributed by atoms with E-state index in [1.165, 1.54) is 24.3 Å². The Bertz CT molecular complexity index is 823. The minimum absolute atomic E-state index is 0.0981. The minimum Gasteiger partial charge on any atom is -0.345 e. The SMILES string of the molecule is C[C@@H](NC(=O)/C(C#N)=C/c1cccc([N+](=O)[O-])c1)c1ccccc1. The Kier molecular flexibility index (Phi) is 5.42. The molecule has 2 aromatic carbocycles. The number of carbonyl (C=O) groups is 1. The van der Waals surface area contributed by atoms with E-state index in [0.717, 1.165) is 5.56 Å². The van der Waals surface area contributed by atoms with Crippen molar-refractivity contribution in [2.75, 3.05) is 0 Å². The van der Waals surface area contributed by atoms with Crippen molar-refractivity contribution < 1.29 is 9.72 Å². The van der Waals surface area contributed by atoms with Gasteiger partial charge in [-0.25, -0.2) is 0 Å². The largest absolute Gasteiger partial charge is 0.345 e. The van der Waals surface area contributed by atoms with Crippen LogP contribution >= 0.6 is 0 Å². The van der Waals surface area contributed by atoms with Crippen LogP contribution in [0.4, 0.5) is 5.69 Å². The third-order valence-electron chi connectivity index (χ3n) is 3.40. The fraction of sp³-hybridized carbons (Fsp3) is 0.111. The quantitative estimate of drug-likeness (QED) is 0.395. The zero-order chi connectivity index (χ0) is 17.5. The van der Waals surface area contributed by atoms with Crippen molar-refractivity contribution in [2.45, 2.75) is 13.0 Å². The van der Waals surface area contributed by atoms with Gasteiger partial charge in [-0.3, -0.25) is 14.9 Å². The molecular weight excluding hydrogens is 306 g/mol. The van der Waals surface area contributed by atoms with E-state index in [2.05, 4.69) is 5.32 Å². The molecule has 0 aliphatic heterocycles. The molecule has 1 amide bonds. The van der Waals surface area contributed by atoms with E-state index in [-0.39, 0.29) is 17.3 Å². The zero-order valence-electron chi connectivity index (χ0n) is 13.0. The Hall–Kier alpha value is -3.46. The number of nitriles is 1. The summed E-state index contributed by atoms with van der Waals surface area (Å²) in [6, 6.07) is 16.7. The first kappa shape index (κ1) is 16.9. The summed E-state index contributed by atoms with van der Waals surface area (Å²) in [6.07, 6.45) is 1.33. The molecule has 0 bridgehead atoms. The number of nitro groups is 1. The Morgan fingerprint density at radius 2 is 1.96 bits per heavy atom. The summed E-state index contributed by atoms with van der Waals surface area (Å²) >= 11 is 0. The summed E-state index contributed by atoms with van der Waals surface area (Å²) in [5.74, 6) is -0.527. The molecule has 1 atom stereocenters. The number of carbonyl (C=O) groups excluding carboxylic acids is 1. The molecule has 6 nitrogen and oxygen atoms in total. The molecule has 24 heavy (non-hydrogen) atoms. The van der Waals surface area contributed by atoms with Crippen LogP contribution in [0.3, 0.4) is 0 Å². The highest BCUT2D eigenvalue weighted by Crippen LogP contribution is 2.17. The lowest BCUT2D eigenvalue weighted by atomic mass is 10.1. The number of rotatable bonds is 5. The van der Waals surface area contributed by atoms with Crippen molar-refractivity contribution in [2.24, 2.45) is 0 Å². The van der Waals surface area contributed by atoms with Gasteiger partial charge in [0.2, 0.25) is 0 Å². The number of nitro benzene ring substituents is 1. The van der Waals surface area contributed by atoms with Crippen LogP contribution in [0.2, 0.25) is 0 Å². The molecule has 0 heterocycles. The van der Waals surface area contributed by atoms with Gasteiger partial charge in [-0.05, 0) is 24.1 Å². The van der Waals surface area contributed by atoms with E-state index in [4.69, 9.17) is 0 Å². The van der Waals surface area contributed by atoms with Crippen molar-refractivity contribution in [1.29, 1.82) is 5.26 Å². The van der Waals surface area contributed by atoms with Gasteiger partial charge < -0.3 is 5.32 Å². The lowest BCUT2D eigenvalue weighted by molar-refractivity contribution is -0.384. The number of nitrogens with zero attached hydrogens (tertiary/aromatic N) is 2. The van der Waals surface area contributed by atoms with Crippen LogP contribution in [0.15, 0.2) is 60.2 Å². The summed E-state index contributed by atoms with van der Waals surface area (Å²) < 4.78 is 0. The fourth-order valence-corrected chi connectivity index (χ4v) is 2.14. The number of hydrogen-bond donors (Lipinski definition) is 1. The first-order chi connectivity index (χ1) is 11.5. The third-order valence-corrected chi connectivity index (χ3v) is 3.40. The number of nitrogens with one attached hydrogen (secondary N) is 1. The molecule has 0 fully saturated rings. The Balaban J connectivity index is 2.18. The van der Waals surface area contributed by atoms with Gasteiger partial charge in [0.15, 0.2) is 0 Å².